The molecule has 1 amide bonds. The molecule has 0 aromatic heterocycles. The number of carbonyl (C=O) groups is 1. The van der Waals surface area contributed by atoms with Crippen molar-refractivity contribution in [2.75, 3.05) is 19.0 Å². The number of nitrogens with zero attached hydrogens (tertiary/aromatic N) is 1. The number of rotatable bonds is 1. The Morgan fingerprint density at radius 3 is 2.75 bits per heavy atom. The van der Waals surface area contributed by atoms with Gasteiger partial charge < -0.3 is 4.90 Å². The van der Waals surface area contributed by atoms with E-state index in [1.54, 1.807) is 11.8 Å². The van der Waals surface area contributed by atoms with E-state index >= 15 is 0 Å². The first-order valence-electron chi connectivity index (χ1n) is 4.10. The van der Waals surface area contributed by atoms with Crippen LogP contribution in [0.2, 0.25) is 0 Å². The summed E-state index contributed by atoms with van der Waals surface area (Å²) in [6, 6.07) is 0. The van der Waals surface area contributed by atoms with Crippen molar-refractivity contribution >= 4 is 29.1 Å². The highest BCUT2D eigenvalue weighted by Crippen LogP contribution is 2.23. The summed E-state index contributed by atoms with van der Waals surface area (Å²) in [5, 5.41) is 0.0279. The minimum absolute atomic E-state index is 0.0279. The van der Waals surface area contributed by atoms with Crippen molar-refractivity contribution < 1.29 is 4.79 Å². The Balaban J connectivity index is 2.46. The van der Waals surface area contributed by atoms with Crippen LogP contribution in [0.1, 0.15) is 13.3 Å². The molecule has 2 unspecified atom stereocenters. The maximum absolute atomic E-state index is 11.0. The van der Waals surface area contributed by atoms with Gasteiger partial charge in [0.15, 0.2) is 0 Å². The number of hydrogen-bond acceptors (Lipinski definition) is 1. The van der Waals surface area contributed by atoms with Crippen molar-refractivity contribution in [3.05, 3.63) is 0 Å². The van der Waals surface area contributed by atoms with E-state index in [1.807, 2.05) is 0 Å². The fourth-order valence-electron chi connectivity index (χ4n) is 1.41. The molecule has 1 saturated heterocycles. The molecule has 1 heterocycles. The molecular formula is C8H13Cl2NO. The van der Waals surface area contributed by atoms with Crippen LogP contribution in [-0.4, -0.2) is 35.2 Å². The van der Waals surface area contributed by atoms with E-state index in [0.717, 1.165) is 13.0 Å². The number of halogens is 2. The van der Waals surface area contributed by atoms with Gasteiger partial charge in [-0.05, 0) is 12.3 Å². The van der Waals surface area contributed by atoms with Gasteiger partial charge in [-0.3, -0.25) is 4.79 Å². The summed E-state index contributed by atoms with van der Waals surface area (Å²) in [4.78, 5) is 12.8. The first-order valence-corrected chi connectivity index (χ1v) is 5.07. The number of hydrogen-bond donors (Lipinski definition) is 0. The zero-order chi connectivity index (χ0) is 9.14. The zero-order valence-electron chi connectivity index (χ0n) is 7.09. The quantitative estimate of drug-likeness (QED) is 0.603. The maximum atomic E-state index is 11.0. The van der Waals surface area contributed by atoms with Crippen LogP contribution in [0.4, 0.5) is 0 Å². The molecule has 0 spiro atoms. The van der Waals surface area contributed by atoms with Gasteiger partial charge in [0.1, 0.15) is 0 Å². The molecule has 2 atom stereocenters. The summed E-state index contributed by atoms with van der Waals surface area (Å²) in [6.45, 7) is 3.02. The second-order valence-electron chi connectivity index (χ2n) is 3.18. The topological polar surface area (TPSA) is 20.3 Å². The molecule has 0 aliphatic carbocycles. The Labute approximate surface area is 82.8 Å². The summed E-state index contributed by atoms with van der Waals surface area (Å²) >= 11 is 11.8. The molecule has 12 heavy (non-hydrogen) atoms. The molecular weight excluding hydrogens is 197 g/mol. The number of alkyl halides is 2. The number of likely N-dealkylation sites (tertiary alicyclic amines) is 1. The molecule has 0 bridgehead atoms. The van der Waals surface area contributed by atoms with Gasteiger partial charge in [0.05, 0.1) is 5.38 Å². The van der Waals surface area contributed by atoms with Crippen molar-refractivity contribution in [3.8, 4) is 0 Å². The lowest BCUT2D eigenvalue weighted by Crippen LogP contribution is -2.44. The lowest BCUT2D eigenvalue weighted by Gasteiger charge is -2.34. The largest absolute Gasteiger partial charge is 0.341 e. The van der Waals surface area contributed by atoms with E-state index < -0.39 is 0 Å². The lowest BCUT2D eigenvalue weighted by atomic mass is 9.98. The Bertz CT molecular complexity index is 174. The van der Waals surface area contributed by atoms with Crippen LogP contribution in [-0.2, 0) is 4.79 Å². The van der Waals surface area contributed by atoms with Crippen molar-refractivity contribution in [2.24, 2.45) is 5.92 Å². The standard InChI is InChI=1S/C8H13Cl2NO/c1-6(12)11-3-2-7(4-9)8(10)5-11/h7-8H,2-5H2,1H3. The van der Waals surface area contributed by atoms with Crippen LogP contribution in [0.5, 0.6) is 0 Å². The summed E-state index contributed by atoms with van der Waals surface area (Å²) in [7, 11) is 0. The smallest absolute Gasteiger partial charge is 0.219 e. The van der Waals surface area contributed by atoms with Crippen LogP contribution < -0.4 is 0 Å². The summed E-state index contributed by atoms with van der Waals surface area (Å²) in [5.74, 6) is 1.07. The van der Waals surface area contributed by atoms with Gasteiger partial charge in [0, 0.05) is 25.9 Å². The van der Waals surface area contributed by atoms with Gasteiger partial charge in [-0.25, -0.2) is 0 Å². The predicted molar refractivity (Wildman–Crippen MR) is 50.7 cm³/mol. The van der Waals surface area contributed by atoms with Gasteiger partial charge in [0.25, 0.3) is 0 Å². The van der Waals surface area contributed by atoms with E-state index in [9.17, 15) is 4.79 Å². The van der Waals surface area contributed by atoms with Gasteiger partial charge in [-0.15, -0.1) is 23.2 Å². The first kappa shape index (κ1) is 10.1. The Hall–Kier alpha value is 0.0500. The predicted octanol–water partition coefficient (Wildman–Crippen LogP) is 1.70. The molecule has 0 radical (unpaired) electrons. The Kier molecular flexibility index (Phi) is 3.66. The molecule has 1 fully saturated rings. The van der Waals surface area contributed by atoms with Crippen LogP contribution >= 0.6 is 23.2 Å². The first-order chi connectivity index (χ1) is 5.65. The van der Waals surface area contributed by atoms with Crippen molar-refractivity contribution in [1.82, 2.24) is 4.90 Å². The second-order valence-corrected chi connectivity index (χ2v) is 4.05. The van der Waals surface area contributed by atoms with Gasteiger partial charge in [-0.2, -0.15) is 0 Å². The van der Waals surface area contributed by atoms with Crippen LogP contribution in [0.3, 0.4) is 0 Å². The normalized spacial score (nSPS) is 30.4. The SMILES string of the molecule is CC(=O)N1CCC(CCl)C(Cl)C1. The van der Waals surface area contributed by atoms with Crippen LogP contribution in [0.15, 0.2) is 0 Å². The van der Waals surface area contributed by atoms with E-state index in [1.165, 1.54) is 0 Å². The van der Waals surface area contributed by atoms with E-state index in [2.05, 4.69) is 0 Å². The van der Waals surface area contributed by atoms with Crippen molar-refractivity contribution in [2.45, 2.75) is 18.7 Å². The zero-order valence-corrected chi connectivity index (χ0v) is 8.61. The minimum Gasteiger partial charge on any atom is -0.341 e. The molecule has 0 saturated carbocycles. The highest BCUT2D eigenvalue weighted by Gasteiger charge is 2.27. The summed E-state index contributed by atoms with van der Waals surface area (Å²) < 4.78 is 0. The third kappa shape index (κ3) is 2.27. The van der Waals surface area contributed by atoms with Gasteiger partial charge in [-0.1, -0.05) is 0 Å². The molecule has 4 heteroatoms. The number of carbonyl (C=O) groups excluding carboxylic acids is 1. The van der Waals surface area contributed by atoms with Crippen LogP contribution in [0, 0.1) is 5.92 Å². The number of amides is 1. The average Bonchev–Trinajstić information content (AvgIpc) is 2.04. The maximum Gasteiger partial charge on any atom is 0.219 e. The monoisotopic (exact) mass is 209 g/mol. The van der Waals surface area contributed by atoms with E-state index in [-0.39, 0.29) is 11.3 Å². The van der Waals surface area contributed by atoms with Gasteiger partial charge in [0.2, 0.25) is 5.91 Å². The fourth-order valence-corrected chi connectivity index (χ4v) is 2.26. The summed E-state index contributed by atoms with van der Waals surface area (Å²) in [6.07, 6.45) is 0.928. The molecule has 0 N–H and O–H groups in total. The average molecular weight is 210 g/mol. The molecule has 70 valence electrons. The lowest BCUT2D eigenvalue weighted by molar-refractivity contribution is -0.130. The fraction of sp³-hybridized carbons (Fsp3) is 0.875. The molecule has 1 aliphatic heterocycles. The van der Waals surface area contributed by atoms with Crippen LogP contribution in [0.25, 0.3) is 0 Å². The van der Waals surface area contributed by atoms with Crippen molar-refractivity contribution in [1.29, 1.82) is 0 Å². The van der Waals surface area contributed by atoms with Gasteiger partial charge >= 0.3 is 0 Å². The Morgan fingerprint density at radius 2 is 2.33 bits per heavy atom. The number of piperidine rings is 1. The van der Waals surface area contributed by atoms with E-state index in [0.29, 0.717) is 18.3 Å². The second kappa shape index (κ2) is 4.33. The molecule has 1 rings (SSSR count). The Morgan fingerprint density at radius 1 is 1.67 bits per heavy atom. The third-order valence-electron chi connectivity index (χ3n) is 2.32. The summed E-state index contributed by atoms with van der Waals surface area (Å²) in [5.41, 5.74) is 0. The van der Waals surface area contributed by atoms with E-state index in [4.69, 9.17) is 23.2 Å². The highest BCUT2D eigenvalue weighted by atomic mass is 35.5. The van der Waals surface area contributed by atoms with Crippen molar-refractivity contribution in [3.63, 3.8) is 0 Å². The molecule has 0 aromatic carbocycles. The third-order valence-corrected chi connectivity index (χ3v) is 3.21. The highest BCUT2D eigenvalue weighted by molar-refractivity contribution is 6.23. The minimum atomic E-state index is 0.0279. The molecule has 0 aromatic rings. The molecule has 1 aliphatic rings. The molecule has 2 nitrogen and oxygen atoms in total.